The highest BCUT2D eigenvalue weighted by atomic mass is 16.5. The average molecular weight is 190 g/mol. The lowest BCUT2D eigenvalue weighted by Gasteiger charge is -2.08. The van der Waals surface area contributed by atoms with Crippen molar-refractivity contribution in [1.29, 1.82) is 0 Å². The Labute approximate surface area is 75.8 Å². The van der Waals surface area contributed by atoms with Gasteiger partial charge in [-0.3, -0.25) is 9.59 Å². The molecule has 0 radical (unpaired) electrons. The summed E-state index contributed by atoms with van der Waals surface area (Å²) in [6, 6.07) is -1.69. The lowest BCUT2D eigenvalue weighted by atomic mass is 10.2. The third-order valence-corrected chi connectivity index (χ3v) is 1.36. The molecule has 0 aromatic heterocycles. The van der Waals surface area contributed by atoms with Gasteiger partial charge in [-0.2, -0.15) is 0 Å². The minimum atomic E-state index is -1.11. The molecule has 0 bridgehead atoms. The zero-order valence-electron chi connectivity index (χ0n) is 7.40. The van der Waals surface area contributed by atoms with Crippen molar-refractivity contribution in [2.24, 2.45) is 11.5 Å². The van der Waals surface area contributed by atoms with Crippen LogP contribution < -0.4 is 11.5 Å². The number of carbonyl (C=O) groups excluding carboxylic acids is 1. The molecule has 0 saturated heterocycles. The lowest BCUT2D eigenvalue weighted by Crippen LogP contribution is -2.33. The maximum Gasteiger partial charge on any atom is 0.322 e. The summed E-state index contributed by atoms with van der Waals surface area (Å²) in [6.45, 7) is 1.47. The molecule has 2 atom stereocenters. The van der Waals surface area contributed by atoms with Gasteiger partial charge in [-0.1, -0.05) is 0 Å². The van der Waals surface area contributed by atoms with E-state index in [-0.39, 0.29) is 13.0 Å². The summed E-state index contributed by atoms with van der Waals surface area (Å²) in [5.74, 6) is -1.67. The van der Waals surface area contributed by atoms with Gasteiger partial charge in [0.25, 0.3) is 0 Å². The topological polar surface area (TPSA) is 116 Å². The Morgan fingerprint density at radius 1 is 1.46 bits per heavy atom. The van der Waals surface area contributed by atoms with Crippen LogP contribution in [0.25, 0.3) is 0 Å². The van der Waals surface area contributed by atoms with Crippen LogP contribution in [0.3, 0.4) is 0 Å². The molecule has 0 aliphatic carbocycles. The van der Waals surface area contributed by atoms with E-state index in [9.17, 15) is 9.59 Å². The van der Waals surface area contributed by atoms with Crippen molar-refractivity contribution >= 4 is 11.9 Å². The number of carboxylic acid groups (broad SMARTS) is 1. The van der Waals surface area contributed by atoms with Crippen molar-refractivity contribution in [1.82, 2.24) is 0 Å². The van der Waals surface area contributed by atoms with E-state index in [0.29, 0.717) is 0 Å². The molecule has 0 aliphatic rings. The molecular weight excluding hydrogens is 176 g/mol. The fourth-order valence-electron chi connectivity index (χ4n) is 0.541. The summed E-state index contributed by atoms with van der Waals surface area (Å²) in [7, 11) is 0. The highest BCUT2D eigenvalue weighted by Crippen LogP contribution is 1.91. The molecule has 0 aromatic rings. The van der Waals surface area contributed by atoms with Gasteiger partial charge in [-0.25, -0.2) is 0 Å². The first kappa shape index (κ1) is 11.9. The summed E-state index contributed by atoms with van der Waals surface area (Å²) < 4.78 is 4.62. The van der Waals surface area contributed by atoms with Crippen molar-refractivity contribution in [3.8, 4) is 0 Å². The molecule has 0 rings (SSSR count). The molecule has 6 nitrogen and oxygen atoms in total. The fourth-order valence-corrected chi connectivity index (χ4v) is 0.541. The molecule has 0 fully saturated rings. The van der Waals surface area contributed by atoms with Crippen LogP contribution in [0.15, 0.2) is 0 Å². The zero-order chi connectivity index (χ0) is 10.4. The maximum atomic E-state index is 10.8. The van der Waals surface area contributed by atoms with Crippen LogP contribution in [0.1, 0.15) is 13.3 Å². The Morgan fingerprint density at radius 3 is 2.38 bits per heavy atom. The molecule has 6 heteroatoms. The van der Waals surface area contributed by atoms with Crippen LogP contribution in [0.4, 0.5) is 0 Å². The second-order valence-corrected chi connectivity index (χ2v) is 2.69. The summed E-state index contributed by atoms with van der Waals surface area (Å²) in [4.78, 5) is 21.0. The van der Waals surface area contributed by atoms with Gasteiger partial charge < -0.3 is 21.3 Å². The smallest absolute Gasteiger partial charge is 0.322 e. The van der Waals surface area contributed by atoms with Crippen LogP contribution in [0.5, 0.6) is 0 Å². The van der Waals surface area contributed by atoms with Crippen LogP contribution in [-0.4, -0.2) is 35.7 Å². The predicted octanol–water partition coefficient (Wildman–Crippen LogP) is -1.32. The largest absolute Gasteiger partial charge is 0.480 e. The van der Waals surface area contributed by atoms with Crippen LogP contribution in [-0.2, 0) is 14.3 Å². The monoisotopic (exact) mass is 190 g/mol. The number of ether oxygens (including phenoxy) is 1. The normalized spacial score (nSPS) is 14.7. The maximum absolute atomic E-state index is 10.8. The van der Waals surface area contributed by atoms with E-state index in [2.05, 4.69) is 4.74 Å². The Balaban J connectivity index is 3.56. The minimum Gasteiger partial charge on any atom is -0.480 e. The van der Waals surface area contributed by atoms with Crippen molar-refractivity contribution in [3.63, 3.8) is 0 Å². The van der Waals surface area contributed by atoms with E-state index in [1.54, 1.807) is 0 Å². The number of hydrogen-bond acceptors (Lipinski definition) is 5. The highest BCUT2D eigenvalue weighted by Gasteiger charge is 2.13. The first-order valence-corrected chi connectivity index (χ1v) is 3.85. The summed E-state index contributed by atoms with van der Waals surface area (Å²) >= 11 is 0. The van der Waals surface area contributed by atoms with Crippen molar-refractivity contribution in [3.05, 3.63) is 0 Å². The van der Waals surface area contributed by atoms with Gasteiger partial charge in [-0.15, -0.1) is 0 Å². The molecule has 0 unspecified atom stereocenters. The van der Waals surface area contributed by atoms with E-state index in [0.717, 1.165) is 0 Å². The van der Waals surface area contributed by atoms with E-state index >= 15 is 0 Å². The third kappa shape index (κ3) is 5.15. The molecule has 0 heterocycles. The SMILES string of the molecule is C[C@@H](N)C(=O)OCC[C@H](N)C(=O)O. The van der Waals surface area contributed by atoms with Gasteiger partial charge in [0.2, 0.25) is 0 Å². The van der Waals surface area contributed by atoms with Gasteiger partial charge in [0.05, 0.1) is 6.61 Å². The van der Waals surface area contributed by atoms with E-state index in [4.69, 9.17) is 16.6 Å². The lowest BCUT2D eigenvalue weighted by molar-refractivity contribution is -0.146. The van der Waals surface area contributed by atoms with Crippen LogP contribution >= 0.6 is 0 Å². The fraction of sp³-hybridized carbons (Fsp3) is 0.714. The Bertz CT molecular complexity index is 193. The highest BCUT2D eigenvalue weighted by molar-refractivity contribution is 5.75. The average Bonchev–Trinajstić information content (AvgIpc) is 2.03. The summed E-state index contributed by atoms with van der Waals surface area (Å²) in [5.41, 5.74) is 10.3. The quantitative estimate of drug-likeness (QED) is 0.463. The number of hydrogen-bond donors (Lipinski definition) is 3. The Hall–Kier alpha value is -1.14. The van der Waals surface area contributed by atoms with E-state index in [1.807, 2.05) is 0 Å². The molecule has 0 saturated carbocycles. The predicted molar refractivity (Wildman–Crippen MR) is 44.8 cm³/mol. The number of carboxylic acids is 1. The second kappa shape index (κ2) is 5.50. The standard InChI is InChI=1S/C7H14N2O4/c1-4(8)7(12)13-3-2-5(9)6(10)11/h4-5H,2-3,8-9H2,1H3,(H,10,11)/t4-,5+/m1/s1. The minimum absolute atomic E-state index is 0.0200. The van der Waals surface area contributed by atoms with Gasteiger partial charge in [0, 0.05) is 6.42 Å². The van der Waals surface area contributed by atoms with Gasteiger partial charge in [0.1, 0.15) is 12.1 Å². The van der Waals surface area contributed by atoms with Crippen LogP contribution in [0, 0.1) is 0 Å². The summed E-state index contributed by atoms with van der Waals surface area (Å²) in [6.07, 6.45) is 0.0911. The molecule has 76 valence electrons. The van der Waals surface area contributed by atoms with Crippen molar-refractivity contribution in [2.45, 2.75) is 25.4 Å². The van der Waals surface area contributed by atoms with Gasteiger partial charge >= 0.3 is 11.9 Å². The molecule has 13 heavy (non-hydrogen) atoms. The first-order chi connectivity index (χ1) is 5.95. The Kier molecular flexibility index (Phi) is 5.01. The van der Waals surface area contributed by atoms with Gasteiger partial charge in [0.15, 0.2) is 0 Å². The molecule has 0 aromatic carbocycles. The van der Waals surface area contributed by atoms with Crippen molar-refractivity contribution in [2.75, 3.05) is 6.61 Å². The van der Waals surface area contributed by atoms with E-state index in [1.165, 1.54) is 6.92 Å². The van der Waals surface area contributed by atoms with E-state index < -0.39 is 24.0 Å². The first-order valence-electron chi connectivity index (χ1n) is 3.85. The number of nitrogens with two attached hydrogens (primary N) is 2. The number of esters is 1. The zero-order valence-corrected chi connectivity index (χ0v) is 7.40. The van der Waals surface area contributed by atoms with Gasteiger partial charge in [-0.05, 0) is 6.92 Å². The molecule has 0 aliphatic heterocycles. The Morgan fingerprint density at radius 2 is 2.00 bits per heavy atom. The number of rotatable bonds is 5. The number of carbonyl (C=O) groups is 2. The summed E-state index contributed by atoms with van der Waals surface area (Å²) in [5, 5.41) is 8.37. The third-order valence-electron chi connectivity index (χ3n) is 1.36. The van der Waals surface area contributed by atoms with Crippen LogP contribution in [0.2, 0.25) is 0 Å². The van der Waals surface area contributed by atoms with Crippen molar-refractivity contribution < 1.29 is 19.4 Å². The molecule has 0 spiro atoms. The number of aliphatic carboxylic acids is 1. The second-order valence-electron chi connectivity index (χ2n) is 2.69. The molecule has 5 N–H and O–H groups in total. The molecular formula is C7H14N2O4. The molecule has 0 amide bonds.